The van der Waals surface area contributed by atoms with Crippen molar-refractivity contribution in [2.75, 3.05) is 12.4 Å². The van der Waals surface area contributed by atoms with Gasteiger partial charge in [-0.15, -0.1) is 0 Å². The second kappa shape index (κ2) is 7.74. The highest BCUT2D eigenvalue weighted by Gasteiger charge is 2.19. The molecule has 0 radical (unpaired) electrons. The molecule has 4 aromatic rings. The van der Waals surface area contributed by atoms with Crippen LogP contribution in [0.2, 0.25) is 0 Å². The number of benzene rings is 2. The van der Waals surface area contributed by atoms with E-state index in [9.17, 15) is 13.5 Å². The molecule has 1 atom stereocenters. The fourth-order valence-corrected chi connectivity index (χ4v) is 4.52. The number of sulfone groups is 1. The molecule has 6 nitrogen and oxygen atoms in total. The molecule has 4 rings (SSSR count). The van der Waals surface area contributed by atoms with Crippen LogP contribution in [0.25, 0.3) is 33.1 Å². The van der Waals surface area contributed by atoms with Gasteiger partial charge in [0.25, 0.3) is 0 Å². The molecule has 7 heteroatoms. The van der Waals surface area contributed by atoms with Crippen LogP contribution in [-0.4, -0.2) is 41.7 Å². The van der Waals surface area contributed by atoms with Gasteiger partial charge in [0.05, 0.1) is 22.3 Å². The maximum absolute atomic E-state index is 12.4. The van der Waals surface area contributed by atoms with Gasteiger partial charge in [-0.25, -0.2) is 13.4 Å². The summed E-state index contributed by atoms with van der Waals surface area (Å²) >= 11 is 0. The minimum absolute atomic E-state index is 0.0518. The van der Waals surface area contributed by atoms with E-state index in [0.29, 0.717) is 10.5 Å². The average molecular weight is 425 g/mol. The first-order valence-electron chi connectivity index (χ1n) is 9.86. The van der Waals surface area contributed by atoms with Gasteiger partial charge < -0.3 is 9.94 Å². The van der Waals surface area contributed by atoms with E-state index in [1.165, 1.54) is 0 Å². The third-order valence-electron chi connectivity index (χ3n) is 5.06. The SMILES string of the molecule is CCS(=O)(=O)c1cccc(-c2cccc3c2c2cc(C)cnc2n3OC[C@H](C)O)c1. The van der Waals surface area contributed by atoms with Crippen LogP contribution in [0.5, 0.6) is 0 Å². The van der Waals surface area contributed by atoms with Gasteiger partial charge in [0.1, 0.15) is 6.61 Å². The molecule has 2 aromatic heterocycles. The van der Waals surface area contributed by atoms with Crippen LogP contribution in [0, 0.1) is 6.92 Å². The number of pyridine rings is 1. The predicted molar refractivity (Wildman–Crippen MR) is 118 cm³/mol. The summed E-state index contributed by atoms with van der Waals surface area (Å²) in [5.41, 5.74) is 4.18. The van der Waals surface area contributed by atoms with Crippen molar-refractivity contribution in [2.45, 2.75) is 31.8 Å². The summed E-state index contributed by atoms with van der Waals surface area (Å²) in [5, 5.41) is 11.5. The van der Waals surface area contributed by atoms with E-state index >= 15 is 0 Å². The summed E-state index contributed by atoms with van der Waals surface area (Å²) in [6, 6.07) is 14.9. The fraction of sp³-hybridized carbons (Fsp3) is 0.261. The Kier molecular flexibility index (Phi) is 5.26. The monoisotopic (exact) mass is 424 g/mol. The quantitative estimate of drug-likeness (QED) is 0.510. The lowest BCUT2D eigenvalue weighted by atomic mass is 10.00. The molecular weight excluding hydrogens is 400 g/mol. The van der Waals surface area contributed by atoms with Crippen molar-refractivity contribution in [2.24, 2.45) is 0 Å². The van der Waals surface area contributed by atoms with Gasteiger partial charge in [-0.05, 0) is 54.8 Å². The van der Waals surface area contributed by atoms with Crippen LogP contribution in [0.3, 0.4) is 0 Å². The van der Waals surface area contributed by atoms with Crippen molar-refractivity contribution >= 4 is 31.8 Å². The summed E-state index contributed by atoms with van der Waals surface area (Å²) in [5.74, 6) is 0.0518. The van der Waals surface area contributed by atoms with Gasteiger partial charge in [-0.3, -0.25) is 0 Å². The molecule has 0 bridgehead atoms. The largest absolute Gasteiger partial charge is 0.409 e. The first-order chi connectivity index (χ1) is 14.3. The molecule has 0 unspecified atom stereocenters. The molecule has 0 saturated heterocycles. The molecule has 156 valence electrons. The van der Waals surface area contributed by atoms with Crippen LogP contribution < -0.4 is 4.84 Å². The number of aliphatic hydroxyl groups is 1. The Morgan fingerprint density at radius 2 is 1.93 bits per heavy atom. The van der Waals surface area contributed by atoms with E-state index in [4.69, 9.17) is 4.84 Å². The number of aryl methyl sites for hydroxylation is 1. The number of hydrogen-bond acceptors (Lipinski definition) is 5. The lowest BCUT2D eigenvalue weighted by Crippen LogP contribution is -2.21. The summed E-state index contributed by atoms with van der Waals surface area (Å²) in [4.78, 5) is 10.7. The van der Waals surface area contributed by atoms with Gasteiger partial charge in [0.15, 0.2) is 15.5 Å². The lowest BCUT2D eigenvalue weighted by molar-refractivity contribution is 0.0451. The molecular formula is C23H24N2O4S. The second-order valence-corrected chi connectivity index (χ2v) is 9.73. The van der Waals surface area contributed by atoms with Crippen LogP contribution in [-0.2, 0) is 9.84 Å². The molecule has 0 aliphatic rings. The number of rotatable bonds is 6. The van der Waals surface area contributed by atoms with Crippen molar-refractivity contribution < 1.29 is 18.4 Å². The van der Waals surface area contributed by atoms with Gasteiger partial charge in [-0.1, -0.05) is 31.2 Å². The Morgan fingerprint density at radius 3 is 2.67 bits per heavy atom. The summed E-state index contributed by atoms with van der Waals surface area (Å²) in [6.07, 6.45) is 1.15. The summed E-state index contributed by atoms with van der Waals surface area (Å²) in [7, 11) is -3.31. The van der Waals surface area contributed by atoms with E-state index in [2.05, 4.69) is 4.98 Å². The number of fused-ring (bicyclic) bond motifs is 3. The Bertz CT molecular complexity index is 1340. The normalized spacial score (nSPS) is 13.1. The topological polar surface area (TPSA) is 81.4 Å². The number of hydrogen-bond donors (Lipinski definition) is 1. The maximum Gasteiger partial charge on any atom is 0.178 e. The highest BCUT2D eigenvalue weighted by molar-refractivity contribution is 7.91. The minimum Gasteiger partial charge on any atom is -0.409 e. The third kappa shape index (κ3) is 3.55. The van der Waals surface area contributed by atoms with Crippen molar-refractivity contribution in [3.63, 3.8) is 0 Å². The molecule has 0 fully saturated rings. The Labute approximate surface area is 175 Å². The lowest BCUT2D eigenvalue weighted by Gasteiger charge is -2.11. The van der Waals surface area contributed by atoms with Crippen molar-refractivity contribution in [1.82, 2.24) is 9.71 Å². The molecule has 0 aliphatic heterocycles. The smallest absolute Gasteiger partial charge is 0.178 e. The van der Waals surface area contributed by atoms with Crippen LogP contribution in [0.4, 0.5) is 0 Å². The molecule has 30 heavy (non-hydrogen) atoms. The molecule has 0 amide bonds. The van der Waals surface area contributed by atoms with Gasteiger partial charge in [-0.2, -0.15) is 4.73 Å². The molecule has 1 N–H and O–H groups in total. The maximum atomic E-state index is 12.4. The van der Waals surface area contributed by atoms with Crippen LogP contribution >= 0.6 is 0 Å². The minimum atomic E-state index is -3.31. The number of aromatic nitrogens is 2. The zero-order valence-electron chi connectivity index (χ0n) is 17.2. The van der Waals surface area contributed by atoms with E-state index in [1.54, 1.807) is 43.0 Å². The average Bonchev–Trinajstić information content (AvgIpc) is 3.05. The Hall–Kier alpha value is -2.90. The van der Waals surface area contributed by atoms with Crippen LogP contribution in [0.1, 0.15) is 19.4 Å². The van der Waals surface area contributed by atoms with E-state index in [0.717, 1.165) is 33.0 Å². The number of aliphatic hydroxyl groups excluding tert-OH is 1. The summed E-state index contributed by atoms with van der Waals surface area (Å²) in [6.45, 7) is 5.41. The second-order valence-electron chi connectivity index (χ2n) is 7.45. The predicted octanol–water partition coefficient (Wildman–Crippen LogP) is 3.77. The fourth-order valence-electron chi connectivity index (χ4n) is 3.59. The van der Waals surface area contributed by atoms with Crippen LogP contribution in [0.15, 0.2) is 59.6 Å². The molecule has 2 heterocycles. The standard InChI is InChI=1S/C23H24N2O4S/c1-4-30(27,28)18-8-5-7-17(12-18)19-9-6-10-21-22(19)20-11-15(2)13-24-23(20)25(21)29-14-16(3)26/h5-13,16,26H,4,14H2,1-3H3/t16-/m0/s1. The first kappa shape index (κ1) is 20.4. The van der Waals surface area contributed by atoms with Crippen molar-refractivity contribution in [3.05, 3.63) is 60.3 Å². The third-order valence-corrected chi connectivity index (χ3v) is 6.79. The Morgan fingerprint density at radius 1 is 1.17 bits per heavy atom. The van der Waals surface area contributed by atoms with E-state index in [-0.39, 0.29) is 12.4 Å². The first-order valence-corrected chi connectivity index (χ1v) is 11.5. The number of nitrogens with zero attached hydrogens (tertiary/aromatic N) is 2. The van der Waals surface area contributed by atoms with Gasteiger partial charge >= 0.3 is 0 Å². The Balaban J connectivity index is 2.01. The van der Waals surface area contributed by atoms with E-state index in [1.807, 2.05) is 37.3 Å². The van der Waals surface area contributed by atoms with Gasteiger partial charge in [0.2, 0.25) is 0 Å². The molecule has 0 aliphatic carbocycles. The molecule has 0 saturated carbocycles. The summed E-state index contributed by atoms with van der Waals surface area (Å²) < 4.78 is 26.4. The highest BCUT2D eigenvalue weighted by atomic mass is 32.2. The zero-order valence-corrected chi connectivity index (χ0v) is 18.0. The zero-order chi connectivity index (χ0) is 21.5. The van der Waals surface area contributed by atoms with Crippen molar-refractivity contribution in [1.29, 1.82) is 0 Å². The van der Waals surface area contributed by atoms with Crippen molar-refractivity contribution in [3.8, 4) is 11.1 Å². The van der Waals surface area contributed by atoms with E-state index < -0.39 is 15.9 Å². The molecule has 0 spiro atoms. The molecule has 2 aromatic carbocycles. The van der Waals surface area contributed by atoms with Gasteiger partial charge in [0, 0.05) is 17.0 Å². The highest BCUT2D eigenvalue weighted by Crippen LogP contribution is 2.36.